The third kappa shape index (κ3) is 2.12. The lowest BCUT2D eigenvalue weighted by Crippen LogP contribution is -2.31. The van der Waals surface area contributed by atoms with Gasteiger partial charge in [-0.15, -0.1) is 0 Å². The Morgan fingerprint density at radius 2 is 2.07 bits per heavy atom. The van der Waals surface area contributed by atoms with Crippen LogP contribution in [0.4, 0.5) is 8.78 Å². The van der Waals surface area contributed by atoms with Gasteiger partial charge in [-0.05, 0) is 18.8 Å². The molecule has 1 saturated carbocycles. The van der Waals surface area contributed by atoms with Gasteiger partial charge in [0.25, 0.3) is 6.43 Å². The molecular formula is C10H15F2NO2. The van der Waals surface area contributed by atoms with Crippen molar-refractivity contribution in [1.29, 1.82) is 0 Å². The maximum Gasteiger partial charge on any atom is 0.309 e. The van der Waals surface area contributed by atoms with Gasteiger partial charge in [-0.1, -0.05) is 0 Å². The average molecular weight is 219 g/mol. The van der Waals surface area contributed by atoms with Gasteiger partial charge in [0.05, 0.1) is 19.1 Å². The van der Waals surface area contributed by atoms with E-state index in [9.17, 15) is 13.6 Å². The number of halogens is 2. The van der Waals surface area contributed by atoms with Crippen molar-refractivity contribution < 1.29 is 18.3 Å². The minimum absolute atomic E-state index is 0.0149. The highest BCUT2D eigenvalue weighted by molar-refractivity contribution is 5.77. The van der Waals surface area contributed by atoms with Crippen molar-refractivity contribution in [3.63, 3.8) is 0 Å². The lowest BCUT2D eigenvalue weighted by molar-refractivity contribution is -0.145. The third-order valence-corrected chi connectivity index (χ3v) is 3.22. The van der Waals surface area contributed by atoms with E-state index in [4.69, 9.17) is 4.74 Å². The summed E-state index contributed by atoms with van der Waals surface area (Å²) in [5.41, 5.74) is 0. The molecule has 1 saturated heterocycles. The molecule has 3 nitrogen and oxygen atoms in total. The second-order valence-corrected chi connectivity index (χ2v) is 4.22. The number of hydrogen-bond donors (Lipinski definition) is 0. The molecule has 0 amide bonds. The van der Waals surface area contributed by atoms with E-state index in [1.54, 1.807) is 11.8 Å². The van der Waals surface area contributed by atoms with E-state index in [-0.39, 0.29) is 30.3 Å². The molecule has 5 heteroatoms. The van der Waals surface area contributed by atoms with Crippen molar-refractivity contribution in [2.24, 2.45) is 17.8 Å². The zero-order valence-corrected chi connectivity index (χ0v) is 8.66. The van der Waals surface area contributed by atoms with Crippen LogP contribution in [0.15, 0.2) is 0 Å². The van der Waals surface area contributed by atoms with Crippen LogP contribution in [-0.2, 0) is 9.53 Å². The molecule has 1 aliphatic heterocycles. The number of nitrogens with zero attached hydrogens (tertiary/aromatic N) is 1. The lowest BCUT2D eigenvalue weighted by Gasteiger charge is -2.17. The molecule has 0 radical (unpaired) electrons. The van der Waals surface area contributed by atoms with E-state index >= 15 is 0 Å². The second-order valence-electron chi connectivity index (χ2n) is 4.22. The zero-order chi connectivity index (χ0) is 11.0. The van der Waals surface area contributed by atoms with Crippen molar-refractivity contribution in [2.45, 2.75) is 13.3 Å². The van der Waals surface area contributed by atoms with Crippen LogP contribution in [0.1, 0.15) is 6.92 Å². The Bertz CT molecular complexity index is 248. The first-order valence-corrected chi connectivity index (χ1v) is 5.30. The fourth-order valence-corrected chi connectivity index (χ4v) is 2.55. The Hall–Kier alpha value is -0.710. The van der Waals surface area contributed by atoms with E-state index in [0.29, 0.717) is 19.7 Å². The largest absolute Gasteiger partial charge is 0.466 e. The fraction of sp³-hybridized carbons (Fsp3) is 0.900. The highest BCUT2D eigenvalue weighted by atomic mass is 19.3. The van der Waals surface area contributed by atoms with Gasteiger partial charge in [0, 0.05) is 13.1 Å². The van der Waals surface area contributed by atoms with Crippen molar-refractivity contribution in [3.8, 4) is 0 Å². The summed E-state index contributed by atoms with van der Waals surface area (Å²) in [6.45, 7) is 3.26. The number of piperidine rings is 1. The molecule has 15 heavy (non-hydrogen) atoms. The molecule has 2 rings (SSSR count). The molecular weight excluding hydrogens is 204 g/mol. The van der Waals surface area contributed by atoms with Crippen LogP contribution < -0.4 is 0 Å². The van der Waals surface area contributed by atoms with Gasteiger partial charge in [0.15, 0.2) is 0 Å². The molecule has 2 atom stereocenters. The van der Waals surface area contributed by atoms with Crippen LogP contribution in [0.3, 0.4) is 0 Å². The zero-order valence-electron chi connectivity index (χ0n) is 8.66. The summed E-state index contributed by atoms with van der Waals surface area (Å²) in [6.07, 6.45) is -2.27. The minimum Gasteiger partial charge on any atom is -0.466 e. The van der Waals surface area contributed by atoms with Gasteiger partial charge in [-0.3, -0.25) is 9.69 Å². The van der Waals surface area contributed by atoms with Crippen LogP contribution >= 0.6 is 0 Å². The number of hydrogen-bond acceptors (Lipinski definition) is 3. The number of carbonyl (C=O) groups excluding carboxylic acids is 1. The Labute approximate surface area is 87.4 Å². The first-order valence-electron chi connectivity index (χ1n) is 5.30. The first kappa shape index (κ1) is 10.8. The fourth-order valence-electron chi connectivity index (χ4n) is 2.55. The number of rotatable bonds is 4. The SMILES string of the molecule is CCOC(=O)C1C2CN(CC(F)F)CC21. The topological polar surface area (TPSA) is 29.5 Å². The number of likely N-dealkylation sites (tertiary alicyclic amines) is 1. The molecule has 0 spiro atoms. The summed E-state index contributed by atoms with van der Waals surface area (Å²) in [5.74, 6) is 0.369. The molecule has 0 aromatic carbocycles. The molecule has 0 aromatic heterocycles. The van der Waals surface area contributed by atoms with Gasteiger partial charge in [0.2, 0.25) is 0 Å². The summed E-state index contributed by atoms with van der Waals surface area (Å²) in [6, 6.07) is 0. The highest BCUT2D eigenvalue weighted by Gasteiger charge is 2.60. The summed E-state index contributed by atoms with van der Waals surface area (Å²) >= 11 is 0. The van der Waals surface area contributed by atoms with Gasteiger partial charge < -0.3 is 4.74 Å². The van der Waals surface area contributed by atoms with Crippen molar-refractivity contribution in [3.05, 3.63) is 0 Å². The summed E-state index contributed by atoms with van der Waals surface area (Å²) < 4.78 is 29.1. The van der Waals surface area contributed by atoms with E-state index in [0.717, 1.165) is 0 Å². The number of alkyl halides is 2. The smallest absolute Gasteiger partial charge is 0.309 e. The molecule has 0 N–H and O–H groups in total. The number of fused-ring (bicyclic) bond motifs is 1. The second kappa shape index (κ2) is 4.04. The van der Waals surface area contributed by atoms with Crippen LogP contribution in [0, 0.1) is 17.8 Å². The van der Waals surface area contributed by atoms with Crippen molar-refractivity contribution in [1.82, 2.24) is 4.90 Å². The molecule has 2 fully saturated rings. The Morgan fingerprint density at radius 1 is 1.47 bits per heavy atom. The summed E-state index contributed by atoms with van der Waals surface area (Å²) in [4.78, 5) is 13.1. The third-order valence-electron chi connectivity index (χ3n) is 3.22. The van der Waals surface area contributed by atoms with Gasteiger partial charge in [0.1, 0.15) is 0 Å². The maximum atomic E-state index is 12.1. The van der Waals surface area contributed by atoms with E-state index < -0.39 is 6.43 Å². The van der Waals surface area contributed by atoms with Crippen LogP contribution in [-0.4, -0.2) is 43.5 Å². The van der Waals surface area contributed by atoms with Gasteiger partial charge >= 0.3 is 5.97 Å². The number of carbonyl (C=O) groups is 1. The normalized spacial score (nSPS) is 34.3. The average Bonchev–Trinajstić information content (AvgIpc) is 2.64. The quantitative estimate of drug-likeness (QED) is 0.660. The molecule has 1 aliphatic carbocycles. The Kier molecular flexibility index (Phi) is 2.91. The first-order chi connectivity index (χ1) is 7.13. The maximum absolute atomic E-state index is 12.1. The highest BCUT2D eigenvalue weighted by Crippen LogP contribution is 2.52. The van der Waals surface area contributed by atoms with Crippen molar-refractivity contribution >= 4 is 5.97 Å². The van der Waals surface area contributed by atoms with Crippen LogP contribution in [0.5, 0.6) is 0 Å². The van der Waals surface area contributed by atoms with E-state index in [1.165, 1.54) is 0 Å². The molecule has 2 unspecified atom stereocenters. The van der Waals surface area contributed by atoms with Crippen LogP contribution in [0.2, 0.25) is 0 Å². The predicted molar refractivity (Wildman–Crippen MR) is 49.5 cm³/mol. The van der Waals surface area contributed by atoms with Gasteiger partial charge in [-0.25, -0.2) is 8.78 Å². The number of ether oxygens (including phenoxy) is 1. The number of esters is 1. The van der Waals surface area contributed by atoms with E-state index in [1.807, 2.05) is 0 Å². The molecule has 0 aromatic rings. The Balaban J connectivity index is 1.76. The minimum atomic E-state index is -2.27. The molecule has 86 valence electrons. The molecule has 1 heterocycles. The predicted octanol–water partition coefficient (Wildman–Crippen LogP) is 0.992. The van der Waals surface area contributed by atoms with Crippen molar-refractivity contribution in [2.75, 3.05) is 26.2 Å². The summed E-state index contributed by atoms with van der Waals surface area (Å²) in [7, 11) is 0. The lowest BCUT2D eigenvalue weighted by atomic mass is 10.2. The standard InChI is InChI=1S/C10H15F2NO2/c1-2-15-10(14)9-6-3-13(4-7(6)9)5-8(11)12/h6-9H,2-5H2,1H3. The van der Waals surface area contributed by atoms with Gasteiger partial charge in [-0.2, -0.15) is 0 Å². The van der Waals surface area contributed by atoms with E-state index in [2.05, 4.69) is 0 Å². The molecule has 0 bridgehead atoms. The monoisotopic (exact) mass is 219 g/mol. The Morgan fingerprint density at radius 3 is 2.53 bits per heavy atom. The molecule has 2 aliphatic rings. The summed E-state index contributed by atoms with van der Waals surface area (Å²) in [5, 5.41) is 0. The van der Waals surface area contributed by atoms with Crippen LogP contribution in [0.25, 0.3) is 0 Å².